The smallest absolute Gasteiger partial charge is 0.308 e. The van der Waals surface area contributed by atoms with E-state index in [1.54, 1.807) is 0 Å². The Labute approximate surface area is 78.7 Å². The zero-order valence-corrected chi connectivity index (χ0v) is 8.07. The molecular weight excluding hydrogens is 166 g/mol. The zero-order valence-electron chi connectivity index (χ0n) is 8.07. The van der Waals surface area contributed by atoms with Crippen LogP contribution >= 0.6 is 0 Å². The molecule has 3 heteroatoms. The fraction of sp³-hybridized carbons (Fsp3) is 0.900. The first-order valence-corrected chi connectivity index (χ1v) is 5.15. The van der Waals surface area contributed by atoms with Crippen LogP contribution in [0.1, 0.15) is 32.1 Å². The SMILES string of the molecule is CN(C1CCC1)C1CCC1C(=O)O. The van der Waals surface area contributed by atoms with Crippen molar-refractivity contribution in [1.29, 1.82) is 0 Å². The summed E-state index contributed by atoms with van der Waals surface area (Å²) in [6.45, 7) is 0. The third-order valence-electron chi connectivity index (χ3n) is 3.73. The van der Waals surface area contributed by atoms with Crippen molar-refractivity contribution in [3.05, 3.63) is 0 Å². The number of hydrogen-bond acceptors (Lipinski definition) is 2. The van der Waals surface area contributed by atoms with Crippen molar-refractivity contribution in [3.63, 3.8) is 0 Å². The topological polar surface area (TPSA) is 40.5 Å². The van der Waals surface area contributed by atoms with Crippen LogP contribution in [0.25, 0.3) is 0 Å². The predicted octanol–water partition coefficient (Wildman–Crippen LogP) is 1.33. The molecular formula is C10H17NO2. The van der Waals surface area contributed by atoms with Crippen LogP contribution in [0.4, 0.5) is 0 Å². The summed E-state index contributed by atoms with van der Waals surface area (Å²) >= 11 is 0. The number of carbonyl (C=O) groups is 1. The monoisotopic (exact) mass is 183 g/mol. The van der Waals surface area contributed by atoms with Crippen molar-refractivity contribution in [2.24, 2.45) is 5.92 Å². The molecule has 0 aliphatic heterocycles. The normalized spacial score (nSPS) is 34.0. The van der Waals surface area contributed by atoms with E-state index in [0.29, 0.717) is 12.1 Å². The lowest BCUT2D eigenvalue weighted by atomic mass is 9.76. The third kappa shape index (κ3) is 1.46. The molecule has 0 heterocycles. The van der Waals surface area contributed by atoms with Gasteiger partial charge in [0.2, 0.25) is 0 Å². The molecule has 0 aromatic heterocycles. The molecule has 1 N–H and O–H groups in total. The third-order valence-corrected chi connectivity index (χ3v) is 3.73. The van der Waals surface area contributed by atoms with E-state index in [0.717, 1.165) is 12.8 Å². The molecule has 0 radical (unpaired) electrons. The molecule has 2 rings (SSSR count). The van der Waals surface area contributed by atoms with Crippen LogP contribution in [0.5, 0.6) is 0 Å². The van der Waals surface area contributed by atoms with Gasteiger partial charge in [-0.15, -0.1) is 0 Å². The first-order valence-electron chi connectivity index (χ1n) is 5.15. The summed E-state index contributed by atoms with van der Waals surface area (Å²) in [4.78, 5) is 13.1. The standard InChI is InChI=1S/C10H17NO2/c1-11(7-3-2-4-7)9-6-5-8(9)10(12)13/h7-9H,2-6H2,1H3,(H,12,13). The van der Waals surface area contributed by atoms with Crippen LogP contribution in [0.2, 0.25) is 0 Å². The number of aliphatic carboxylic acids is 1. The quantitative estimate of drug-likeness (QED) is 0.717. The van der Waals surface area contributed by atoms with Gasteiger partial charge in [-0.2, -0.15) is 0 Å². The molecule has 0 amide bonds. The number of hydrogen-bond donors (Lipinski definition) is 1. The minimum atomic E-state index is -0.609. The van der Waals surface area contributed by atoms with Gasteiger partial charge < -0.3 is 5.11 Å². The molecule has 0 bridgehead atoms. The molecule has 2 atom stereocenters. The Kier molecular flexibility index (Phi) is 2.28. The Morgan fingerprint density at radius 1 is 1.31 bits per heavy atom. The van der Waals surface area contributed by atoms with Gasteiger partial charge in [0.05, 0.1) is 5.92 Å². The maximum atomic E-state index is 10.8. The highest BCUT2D eigenvalue weighted by molar-refractivity contribution is 5.72. The van der Waals surface area contributed by atoms with E-state index in [4.69, 9.17) is 5.11 Å². The van der Waals surface area contributed by atoms with Gasteiger partial charge in [-0.1, -0.05) is 6.42 Å². The summed E-state index contributed by atoms with van der Waals surface area (Å²) in [6, 6.07) is 0.995. The van der Waals surface area contributed by atoms with Gasteiger partial charge in [0.15, 0.2) is 0 Å². The lowest BCUT2D eigenvalue weighted by molar-refractivity contribution is -0.149. The molecule has 74 valence electrons. The average Bonchev–Trinajstić information content (AvgIpc) is 1.76. The second-order valence-electron chi connectivity index (χ2n) is 4.34. The Balaban J connectivity index is 1.89. The van der Waals surface area contributed by atoms with E-state index < -0.39 is 5.97 Å². The first kappa shape index (κ1) is 9.00. The molecule has 0 aromatic rings. The molecule has 0 spiro atoms. The number of carboxylic acid groups (broad SMARTS) is 1. The van der Waals surface area contributed by atoms with Gasteiger partial charge in [-0.05, 0) is 32.7 Å². The molecule has 13 heavy (non-hydrogen) atoms. The molecule has 2 saturated carbocycles. The summed E-state index contributed by atoms with van der Waals surface area (Å²) in [6.07, 6.45) is 5.79. The first-order chi connectivity index (χ1) is 6.20. The van der Waals surface area contributed by atoms with Gasteiger partial charge in [-0.25, -0.2) is 0 Å². The highest BCUT2D eigenvalue weighted by atomic mass is 16.4. The van der Waals surface area contributed by atoms with Crippen molar-refractivity contribution < 1.29 is 9.90 Å². The molecule has 0 saturated heterocycles. The molecule has 2 aliphatic rings. The molecule has 2 unspecified atom stereocenters. The van der Waals surface area contributed by atoms with Gasteiger partial charge >= 0.3 is 5.97 Å². The Morgan fingerprint density at radius 3 is 2.31 bits per heavy atom. The minimum absolute atomic E-state index is 0.0920. The van der Waals surface area contributed by atoms with Crippen molar-refractivity contribution in [1.82, 2.24) is 4.90 Å². The summed E-state index contributed by atoms with van der Waals surface area (Å²) in [7, 11) is 2.09. The second kappa shape index (κ2) is 3.29. The highest BCUT2D eigenvalue weighted by Crippen LogP contribution is 2.36. The van der Waals surface area contributed by atoms with E-state index in [-0.39, 0.29) is 5.92 Å². The largest absolute Gasteiger partial charge is 0.481 e. The van der Waals surface area contributed by atoms with Crippen LogP contribution in [-0.2, 0) is 4.79 Å². The van der Waals surface area contributed by atoms with Crippen molar-refractivity contribution in [2.75, 3.05) is 7.05 Å². The van der Waals surface area contributed by atoms with Crippen LogP contribution in [-0.4, -0.2) is 35.1 Å². The van der Waals surface area contributed by atoms with Crippen molar-refractivity contribution in [3.8, 4) is 0 Å². The summed E-state index contributed by atoms with van der Waals surface area (Å²) in [5.74, 6) is -0.701. The average molecular weight is 183 g/mol. The molecule has 2 aliphatic carbocycles. The second-order valence-corrected chi connectivity index (χ2v) is 4.34. The molecule has 0 aromatic carbocycles. The Hall–Kier alpha value is -0.570. The molecule has 3 nitrogen and oxygen atoms in total. The summed E-state index contributed by atoms with van der Waals surface area (Å²) in [5.41, 5.74) is 0. The Morgan fingerprint density at radius 2 is 2.00 bits per heavy atom. The fourth-order valence-corrected chi connectivity index (χ4v) is 2.32. The van der Waals surface area contributed by atoms with E-state index in [1.165, 1.54) is 19.3 Å². The fourth-order valence-electron chi connectivity index (χ4n) is 2.32. The van der Waals surface area contributed by atoms with E-state index in [2.05, 4.69) is 11.9 Å². The van der Waals surface area contributed by atoms with Gasteiger partial charge in [-0.3, -0.25) is 9.69 Å². The van der Waals surface area contributed by atoms with Crippen LogP contribution in [0.15, 0.2) is 0 Å². The van der Waals surface area contributed by atoms with Crippen LogP contribution < -0.4 is 0 Å². The maximum Gasteiger partial charge on any atom is 0.308 e. The van der Waals surface area contributed by atoms with E-state index in [9.17, 15) is 4.79 Å². The van der Waals surface area contributed by atoms with E-state index >= 15 is 0 Å². The highest BCUT2D eigenvalue weighted by Gasteiger charge is 2.41. The van der Waals surface area contributed by atoms with Crippen LogP contribution in [0, 0.1) is 5.92 Å². The predicted molar refractivity (Wildman–Crippen MR) is 49.5 cm³/mol. The lowest BCUT2D eigenvalue weighted by Gasteiger charge is -2.46. The molecule has 2 fully saturated rings. The zero-order chi connectivity index (χ0) is 9.42. The van der Waals surface area contributed by atoms with E-state index in [1.807, 2.05) is 0 Å². The summed E-state index contributed by atoms with van der Waals surface area (Å²) in [5, 5.41) is 8.90. The number of nitrogens with zero attached hydrogens (tertiary/aromatic N) is 1. The van der Waals surface area contributed by atoms with Gasteiger partial charge in [0, 0.05) is 12.1 Å². The number of rotatable bonds is 3. The van der Waals surface area contributed by atoms with Gasteiger partial charge in [0.25, 0.3) is 0 Å². The van der Waals surface area contributed by atoms with Gasteiger partial charge in [0.1, 0.15) is 0 Å². The number of carboxylic acids is 1. The van der Waals surface area contributed by atoms with Crippen molar-refractivity contribution >= 4 is 5.97 Å². The van der Waals surface area contributed by atoms with Crippen LogP contribution in [0.3, 0.4) is 0 Å². The lowest BCUT2D eigenvalue weighted by Crippen LogP contribution is -2.53. The van der Waals surface area contributed by atoms with Crippen molar-refractivity contribution in [2.45, 2.75) is 44.2 Å². The Bertz CT molecular complexity index is 213. The maximum absolute atomic E-state index is 10.8. The minimum Gasteiger partial charge on any atom is -0.481 e. The summed E-state index contributed by atoms with van der Waals surface area (Å²) < 4.78 is 0.